The minimum Gasteiger partial charge on any atom is -0.397 e. The predicted molar refractivity (Wildman–Crippen MR) is 76.0 cm³/mol. The molecule has 5 heteroatoms. The molecule has 0 aliphatic carbocycles. The molecule has 0 aliphatic rings. The maximum absolute atomic E-state index is 12.6. The average Bonchev–Trinajstić information content (AvgIpc) is 2.82. The molecule has 0 radical (unpaired) electrons. The van der Waals surface area contributed by atoms with Gasteiger partial charge in [0.15, 0.2) is 0 Å². The molecule has 19 heavy (non-hydrogen) atoms. The van der Waals surface area contributed by atoms with E-state index in [9.17, 15) is 4.79 Å². The van der Waals surface area contributed by atoms with Crippen molar-refractivity contribution in [1.82, 2.24) is 9.55 Å². The summed E-state index contributed by atoms with van der Waals surface area (Å²) < 4.78 is 1.71. The Morgan fingerprint density at radius 3 is 2.74 bits per heavy atom. The third-order valence-corrected chi connectivity index (χ3v) is 2.96. The molecule has 100 valence electrons. The molecule has 0 fully saturated rings. The molecule has 1 heterocycles. The van der Waals surface area contributed by atoms with E-state index in [1.165, 1.54) is 0 Å². The van der Waals surface area contributed by atoms with Gasteiger partial charge in [-0.25, -0.2) is 4.98 Å². The molecule has 2 rings (SSSR count). The lowest BCUT2D eigenvalue weighted by Crippen LogP contribution is -2.33. The van der Waals surface area contributed by atoms with E-state index in [0.29, 0.717) is 17.9 Å². The number of nitrogens with zero attached hydrogens (tertiary/aromatic N) is 3. The molecular weight excluding hydrogens is 240 g/mol. The molecule has 0 aliphatic heterocycles. The van der Waals surface area contributed by atoms with E-state index in [1.807, 2.05) is 25.1 Å². The number of aryl methyl sites for hydroxylation is 1. The standard InChI is InChI=1S/C14H18N4O/c1-3-8-18(12-7-5-4-6-11(12)15)14(19)13-9-16-10-17(13)2/h4-7,9-10H,3,8,15H2,1-2H3. The summed E-state index contributed by atoms with van der Waals surface area (Å²) >= 11 is 0. The van der Waals surface area contributed by atoms with Gasteiger partial charge in [0.2, 0.25) is 0 Å². The number of amides is 1. The van der Waals surface area contributed by atoms with Crippen molar-refractivity contribution in [1.29, 1.82) is 0 Å². The number of nitrogens with two attached hydrogens (primary N) is 1. The van der Waals surface area contributed by atoms with Gasteiger partial charge in [-0.2, -0.15) is 0 Å². The molecule has 2 N–H and O–H groups in total. The zero-order valence-electron chi connectivity index (χ0n) is 11.2. The first-order valence-corrected chi connectivity index (χ1v) is 6.27. The summed E-state index contributed by atoms with van der Waals surface area (Å²) in [6.07, 6.45) is 4.05. The predicted octanol–water partition coefficient (Wildman–Crippen LogP) is 2.06. The average molecular weight is 258 g/mol. The van der Waals surface area contributed by atoms with Crippen LogP contribution in [0.5, 0.6) is 0 Å². The van der Waals surface area contributed by atoms with E-state index in [2.05, 4.69) is 4.98 Å². The van der Waals surface area contributed by atoms with Crippen molar-refractivity contribution in [2.45, 2.75) is 13.3 Å². The third kappa shape index (κ3) is 2.59. The van der Waals surface area contributed by atoms with Crippen LogP contribution >= 0.6 is 0 Å². The Hall–Kier alpha value is -2.30. The number of hydrogen-bond donors (Lipinski definition) is 1. The zero-order valence-corrected chi connectivity index (χ0v) is 11.2. The van der Waals surface area contributed by atoms with Gasteiger partial charge in [0.25, 0.3) is 5.91 Å². The second-order valence-corrected chi connectivity index (χ2v) is 4.41. The first-order valence-electron chi connectivity index (χ1n) is 6.27. The van der Waals surface area contributed by atoms with Crippen LogP contribution in [0, 0.1) is 0 Å². The van der Waals surface area contributed by atoms with E-state index in [1.54, 1.807) is 35.1 Å². The van der Waals surface area contributed by atoms with Gasteiger partial charge in [-0.1, -0.05) is 19.1 Å². The topological polar surface area (TPSA) is 64.2 Å². The van der Waals surface area contributed by atoms with Crippen LogP contribution < -0.4 is 10.6 Å². The lowest BCUT2D eigenvalue weighted by molar-refractivity contribution is 0.0979. The lowest BCUT2D eigenvalue weighted by atomic mass is 10.2. The van der Waals surface area contributed by atoms with Gasteiger partial charge in [-0.15, -0.1) is 0 Å². The van der Waals surface area contributed by atoms with Crippen LogP contribution in [0.4, 0.5) is 11.4 Å². The summed E-state index contributed by atoms with van der Waals surface area (Å²) in [4.78, 5) is 18.3. The first kappa shape index (κ1) is 13.1. The van der Waals surface area contributed by atoms with E-state index in [-0.39, 0.29) is 5.91 Å². The Morgan fingerprint density at radius 2 is 2.16 bits per heavy atom. The number of hydrogen-bond acceptors (Lipinski definition) is 3. The molecular formula is C14H18N4O. The molecule has 0 bridgehead atoms. The summed E-state index contributed by atoms with van der Waals surface area (Å²) in [5.74, 6) is -0.0836. The quantitative estimate of drug-likeness (QED) is 0.854. The van der Waals surface area contributed by atoms with Crippen molar-refractivity contribution in [3.8, 4) is 0 Å². The maximum Gasteiger partial charge on any atom is 0.276 e. The van der Waals surface area contributed by atoms with E-state index < -0.39 is 0 Å². The molecule has 0 unspecified atom stereocenters. The molecule has 0 atom stereocenters. The number of carbonyl (C=O) groups is 1. The van der Waals surface area contributed by atoms with Gasteiger partial charge in [0.05, 0.1) is 23.9 Å². The Balaban J connectivity index is 2.39. The van der Waals surface area contributed by atoms with Crippen molar-refractivity contribution >= 4 is 17.3 Å². The summed E-state index contributed by atoms with van der Waals surface area (Å²) in [5.41, 5.74) is 7.87. The molecule has 0 saturated carbocycles. The SMILES string of the molecule is CCCN(C(=O)c1cncn1C)c1ccccc1N. The van der Waals surface area contributed by atoms with Gasteiger partial charge in [-0.05, 0) is 18.6 Å². The number of aromatic nitrogens is 2. The molecule has 0 saturated heterocycles. The van der Waals surface area contributed by atoms with Crippen LogP contribution in [0.3, 0.4) is 0 Å². The maximum atomic E-state index is 12.6. The number of nitrogen functional groups attached to an aromatic ring is 1. The van der Waals surface area contributed by atoms with Crippen molar-refractivity contribution in [3.05, 3.63) is 42.5 Å². The first-order chi connectivity index (χ1) is 9.15. The van der Waals surface area contributed by atoms with Crippen LogP contribution in [0.1, 0.15) is 23.8 Å². The summed E-state index contributed by atoms with van der Waals surface area (Å²) in [5, 5.41) is 0. The Kier molecular flexibility index (Phi) is 3.85. The van der Waals surface area contributed by atoms with Crippen molar-refractivity contribution in [3.63, 3.8) is 0 Å². The number of rotatable bonds is 4. The molecule has 2 aromatic rings. The van der Waals surface area contributed by atoms with E-state index >= 15 is 0 Å². The van der Waals surface area contributed by atoms with Crippen LogP contribution in [-0.2, 0) is 7.05 Å². The number of anilines is 2. The zero-order chi connectivity index (χ0) is 13.8. The molecule has 1 amide bonds. The van der Waals surface area contributed by atoms with Crippen molar-refractivity contribution in [2.75, 3.05) is 17.2 Å². The highest BCUT2D eigenvalue weighted by atomic mass is 16.2. The monoisotopic (exact) mass is 258 g/mol. The minimum absolute atomic E-state index is 0.0836. The number of imidazole rings is 1. The van der Waals surface area contributed by atoms with Gasteiger partial charge >= 0.3 is 0 Å². The second-order valence-electron chi connectivity index (χ2n) is 4.41. The van der Waals surface area contributed by atoms with E-state index in [0.717, 1.165) is 12.1 Å². The number of carbonyl (C=O) groups excluding carboxylic acids is 1. The smallest absolute Gasteiger partial charge is 0.276 e. The normalized spacial score (nSPS) is 10.4. The molecule has 0 spiro atoms. The van der Waals surface area contributed by atoms with Crippen LogP contribution in [0.2, 0.25) is 0 Å². The summed E-state index contributed by atoms with van der Waals surface area (Å²) in [6.45, 7) is 2.65. The highest BCUT2D eigenvalue weighted by Gasteiger charge is 2.20. The molecule has 5 nitrogen and oxygen atoms in total. The Morgan fingerprint density at radius 1 is 1.42 bits per heavy atom. The van der Waals surface area contributed by atoms with Gasteiger partial charge in [0.1, 0.15) is 5.69 Å². The lowest BCUT2D eigenvalue weighted by Gasteiger charge is -2.23. The fourth-order valence-corrected chi connectivity index (χ4v) is 1.99. The van der Waals surface area contributed by atoms with Crippen LogP contribution in [0.15, 0.2) is 36.8 Å². The van der Waals surface area contributed by atoms with Gasteiger partial charge in [-0.3, -0.25) is 4.79 Å². The Labute approximate surface area is 112 Å². The van der Waals surface area contributed by atoms with Crippen molar-refractivity contribution < 1.29 is 4.79 Å². The fourth-order valence-electron chi connectivity index (χ4n) is 1.99. The molecule has 1 aromatic carbocycles. The molecule has 1 aromatic heterocycles. The van der Waals surface area contributed by atoms with E-state index in [4.69, 9.17) is 5.73 Å². The minimum atomic E-state index is -0.0836. The second kappa shape index (κ2) is 5.56. The highest BCUT2D eigenvalue weighted by molar-refractivity contribution is 6.06. The van der Waals surface area contributed by atoms with Gasteiger partial charge in [0, 0.05) is 13.6 Å². The largest absolute Gasteiger partial charge is 0.397 e. The van der Waals surface area contributed by atoms with Crippen molar-refractivity contribution in [2.24, 2.45) is 7.05 Å². The number of benzene rings is 1. The van der Waals surface area contributed by atoms with Gasteiger partial charge < -0.3 is 15.2 Å². The summed E-state index contributed by atoms with van der Waals surface area (Å²) in [7, 11) is 1.80. The third-order valence-electron chi connectivity index (χ3n) is 2.96. The van der Waals surface area contributed by atoms with Crippen LogP contribution in [-0.4, -0.2) is 22.0 Å². The fraction of sp³-hybridized carbons (Fsp3) is 0.286. The Bertz CT molecular complexity index is 576. The highest BCUT2D eigenvalue weighted by Crippen LogP contribution is 2.24. The number of para-hydroxylation sites is 2. The summed E-state index contributed by atoms with van der Waals surface area (Å²) in [6, 6.07) is 7.40. The van der Waals surface area contributed by atoms with Crippen LogP contribution in [0.25, 0.3) is 0 Å².